The normalized spacial score (nSPS) is 10.3. The predicted octanol–water partition coefficient (Wildman–Crippen LogP) is -1.70. The maximum Gasteiger partial charge on any atom is 0.330 e. The number of nitrogens with two attached hydrogens (primary N) is 2. The maximum absolute atomic E-state index is 10.6. The van der Waals surface area contributed by atoms with Crippen LogP contribution in [0.25, 0.3) is 0 Å². The van der Waals surface area contributed by atoms with Gasteiger partial charge >= 0.3 is 5.97 Å². The first-order valence-corrected chi connectivity index (χ1v) is 3.33. The Morgan fingerprint density at radius 1 is 1.23 bits per heavy atom. The highest BCUT2D eigenvalue weighted by atomic mass is 16.5. The van der Waals surface area contributed by atoms with E-state index in [1.807, 2.05) is 0 Å². The van der Waals surface area contributed by atoms with Crippen molar-refractivity contribution in [1.29, 1.82) is 0 Å². The molecule has 0 radical (unpaired) electrons. The standard InChI is InChI=1S/C7H10N2O4/c1-13-5(10)3-2-4(6(8)11)7(9)12/h2-4H,1H3,(H2,8,11)(H2,9,12). The third kappa shape index (κ3) is 3.90. The van der Waals surface area contributed by atoms with Crippen LogP contribution in [0.2, 0.25) is 0 Å². The lowest BCUT2D eigenvalue weighted by Gasteiger charge is -2.01. The van der Waals surface area contributed by atoms with E-state index in [0.29, 0.717) is 0 Å². The third-order valence-electron chi connectivity index (χ3n) is 1.24. The van der Waals surface area contributed by atoms with Crippen molar-refractivity contribution >= 4 is 17.8 Å². The number of carbonyl (C=O) groups excluding carboxylic acids is 3. The van der Waals surface area contributed by atoms with Crippen molar-refractivity contribution in [3.63, 3.8) is 0 Å². The van der Waals surface area contributed by atoms with Crippen molar-refractivity contribution in [3.8, 4) is 0 Å². The summed E-state index contributed by atoms with van der Waals surface area (Å²) in [4.78, 5) is 31.7. The molecule has 0 aliphatic heterocycles. The molecule has 0 rings (SSSR count). The number of methoxy groups -OCH3 is 1. The highest BCUT2D eigenvalue weighted by Crippen LogP contribution is 1.96. The van der Waals surface area contributed by atoms with Crippen LogP contribution in [0.1, 0.15) is 0 Å². The minimum Gasteiger partial charge on any atom is -0.466 e. The number of esters is 1. The van der Waals surface area contributed by atoms with Crippen LogP contribution in [0, 0.1) is 5.92 Å². The molecule has 0 bridgehead atoms. The Hall–Kier alpha value is -1.85. The topological polar surface area (TPSA) is 112 Å². The Labute approximate surface area is 74.5 Å². The Morgan fingerprint density at radius 3 is 2.00 bits per heavy atom. The van der Waals surface area contributed by atoms with E-state index in [2.05, 4.69) is 4.74 Å². The van der Waals surface area contributed by atoms with Crippen molar-refractivity contribution in [1.82, 2.24) is 0 Å². The molecular weight excluding hydrogens is 176 g/mol. The van der Waals surface area contributed by atoms with E-state index in [9.17, 15) is 14.4 Å². The largest absolute Gasteiger partial charge is 0.466 e. The van der Waals surface area contributed by atoms with Crippen molar-refractivity contribution in [2.45, 2.75) is 0 Å². The van der Waals surface area contributed by atoms with Crippen LogP contribution in [-0.4, -0.2) is 24.9 Å². The fourth-order valence-electron chi connectivity index (χ4n) is 0.573. The lowest BCUT2D eigenvalue weighted by molar-refractivity contribution is -0.134. The Kier molecular flexibility index (Phi) is 4.21. The second-order valence-corrected chi connectivity index (χ2v) is 2.16. The second kappa shape index (κ2) is 4.91. The van der Waals surface area contributed by atoms with E-state index in [1.165, 1.54) is 0 Å². The van der Waals surface area contributed by atoms with E-state index in [0.717, 1.165) is 19.3 Å². The molecular formula is C7H10N2O4. The van der Waals surface area contributed by atoms with Gasteiger partial charge in [-0.3, -0.25) is 9.59 Å². The van der Waals surface area contributed by atoms with Gasteiger partial charge in [-0.25, -0.2) is 4.79 Å². The molecule has 0 fully saturated rings. The lowest BCUT2D eigenvalue weighted by atomic mass is 10.1. The van der Waals surface area contributed by atoms with Gasteiger partial charge in [0.25, 0.3) is 0 Å². The van der Waals surface area contributed by atoms with Gasteiger partial charge in [0.15, 0.2) is 0 Å². The quantitative estimate of drug-likeness (QED) is 0.309. The van der Waals surface area contributed by atoms with Crippen LogP contribution in [-0.2, 0) is 19.1 Å². The minimum absolute atomic E-state index is 0.688. The highest BCUT2D eigenvalue weighted by molar-refractivity contribution is 6.01. The van der Waals surface area contributed by atoms with Gasteiger partial charge in [-0.1, -0.05) is 6.08 Å². The Balaban J connectivity index is 4.43. The molecule has 0 unspecified atom stereocenters. The molecule has 6 heteroatoms. The molecule has 0 heterocycles. The molecule has 0 atom stereocenters. The van der Waals surface area contributed by atoms with Crippen LogP contribution in [0.3, 0.4) is 0 Å². The van der Waals surface area contributed by atoms with Gasteiger partial charge in [-0.05, 0) is 0 Å². The van der Waals surface area contributed by atoms with Crippen LogP contribution < -0.4 is 11.5 Å². The second-order valence-electron chi connectivity index (χ2n) is 2.16. The molecule has 0 saturated carbocycles. The molecule has 0 spiro atoms. The molecule has 4 N–H and O–H groups in total. The molecule has 2 amide bonds. The van der Waals surface area contributed by atoms with Gasteiger partial charge in [0.2, 0.25) is 11.8 Å². The zero-order valence-corrected chi connectivity index (χ0v) is 7.02. The summed E-state index contributed by atoms with van der Waals surface area (Å²) in [6.45, 7) is 0. The number of ether oxygens (including phenoxy) is 1. The van der Waals surface area contributed by atoms with Crippen molar-refractivity contribution < 1.29 is 19.1 Å². The predicted molar refractivity (Wildman–Crippen MR) is 43.0 cm³/mol. The first-order valence-electron chi connectivity index (χ1n) is 3.33. The summed E-state index contributed by atoms with van der Waals surface area (Å²) < 4.78 is 4.23. The average molecular weight is 186 g/mol. The average Bonchev–Trinajstić information content (AvgIpc) is 2.03. The monoisotopic (exact) mass is 186 g/mol. The van der Waals surface area contributed by atoms with Crippen molar-refractivity contribution in [2.24, 2.45) is 17.4 Å². The number of rotatable bonds is 4. The number of hydrogen-bond donors (Lipinski definition) is 2. The molecule has 13 heavy (non-hydrogen) atoms. The molecule has 72 valence electrons. The number of hydrogen-bond acceptors (Lipinski definition) is 4. The van der Waals surface area contributed by atoms with E-state index < -0.39 is 23.7 Å². The Bertz CT molecular complexity index is 245. The van der Waals surface area contributed by atoms with Gasteiger partial charge < -0.3 is 16.2 Å². The van der Waals surface area contributed by atoms with Crippen LogP contribution >= 0.6 is 0 Å². The zero-order valence-electron chi connectivity index (χ0n) is 7.02. The summed E-state index contributed by atoms with van der Waals surface area (Å²) >= 11 is 0. The van der Waals surface area contributed by atoms with E-state index in [-0.39, 0.29) is 0 Å². The molecule has 0 aromatic carbocycles. The number of primary amides is 2. The van der Waals surface area contributed by atoms with E-state index in [1.54, 1.807) is 0 Å². The smallest absolute Gasteiger partial charge is 0.330 e. The van der Waals surface area contributed by atoms with Gasteiger partial charge in [0, 0.05) is 6.08 Å². The first-order chi connectivity index (χ1) is 5.99. The molecule has 0 aliphatic carbocycles. The summed E-state index contributed by atoms with van der Waals surface area (Å²) in [7, 11) is 1.16. The molecule has 6 nitrogen and oxygen atoms in total. The summed E-state index contributed by atoms with van der Waals surface area (Å²) in [5.41, 5.74) is 9.64. The number of amides is 2. The van der Waals surface area contributed by atoms with Gasteiger partial charge in [-0.2, -0.15) is 0 Å². The minimum atomic E-state index is -1.28. The first kappa shape index (κ1) is 11.2. The van der Waals surface area contributed by atoms with Crippen LogP contribution in [0.5, 0.6) is 0 Å². The maximum atomic E-state index is 10.6. The molecule has 0 saturated heterocycles. The van der Waals surface area contributed by atoms with Crippen molar-refractivity contribution in [2.75, 3.05) is 7.11 Å². The lowest BCUT2D eigenvalue weighted by Crippen LogP contribution is -2.33. The van der Waals surface area contributed by atoms with Gasteiger partial charge in [-0.15, -0.1) is 0 Å². The van der Waals surface area contributed by atoms with Gasteiger partial charge in [0.1, 0.15) is 5.92 Å². The van der Waals surface area contributed by atoms with Crippen LogP contribution in [0.4, 0.5) is 0 Å². The fraction of sp³-hybridized carbons (Fsp3) is 0.286. The molecule has 0 aromatic heterocycles. The molecule has 0 aromatic rings. The third-order valence-corrected chi connectivity index (χ3v) is 1.24. The number of carbonyl (C=O) groups is 3. The summed E-state index contributed by atoms with van der Waals surface area (Å²) in [5.74, 6) is -3.79. The van der Waals surface area contributed by atoms with E-state index >= 15 is 0 Å². The van der Waals surface area contributed by atoms with Crippen molar-refractivity contribution in [3.05, 3.63) is 12.2 Å². The fourth-order valence-corrected chi connectivity index (χ4v) is 0.573. The van der Waals surface area contributed by atoms with Crippen LogP contribution in [0.15, 0.2) is 12.2 Å². The summed E-state index contributed by atoms with van der Waals surface area (Å²) in [5, 5.41) is 0. The Morgan fingerprint density at radius 2 is 1.69 bits per heavy atom. The van der Waals surface area contributed by atoms with Gasteiger partial charge in [0.05, 0.1) is 7.11 Å². The van der Waals surface area contributed by atoms with E-state index in [4.69, 9.17) is 11.5 Å². The molecule has 0 aliphatic rings. The highest BCUT2D eigenvalue weighted by Gasteiger charge is 2.18. The summed E-state index contributed by atoms with van der Waals surface area (Å²) in [6.07, 6.45) is 1.91. The summed E-state index contributed by atoms with van der Waals surface area (Å²) in [6, 6.07) is 0. The zero-order chi connectivity index (χ0) is 10.4. The SMILES string of the molecule is COC(=O)C=CC(C(N)=O)C(N)=O.